The number of anilines is 1. The standard InChI is InChI=1S/C14H12N4/c1-9-8-12-14-10(4-2-6-16-14)13-11(18(12)17-9)5-3-7-15-13/h2-7,12H,8H2,1H3. The van der Waals surface area contributed by atoms with Crippen LogP contribution in [0.2, 0.25) is 0 Å². The molecule has 88 valence electrons. The summed E-state index contributed by atoms with van der Waals surface area (Å²) in [6, 6.07) is 8.33. The molecule has 18 heavy (non-hydrogen) atoms. The van der Waals surface area contributed by atoms with E-state index in [2.05, 4.69) is 39.1 Å². The maximum Gasteiger partial charge on any atom is 0.101 e. The molecule has 1 unspecified atom stereocenters. The summed E-state index contributed by atoms with van der Waals surface area (Å²) in [6.45, 7) is 2.07. The number of pyridine rings is 2. The Morgan fingerprint density at radius 1 is 1.17 bits per heavy atom. The molecule has 4 heteroatoms. The molecular weight excluding hydrogens is 224 g/mol. The predicted molar refractivity (Wildman–Crippen MR) is 70.4 cm³/mol. The monoisotopic (exact) mass is 236 g/mol. The Bertz CT molecular complexity index is 662. The van der Waals surface area contributed by atoms with E-state index in [-0.39, 0.29) is 6.04 Å². The number of nitrogens with zero attached hydrogens (tertiary/aromatic N) is 4. The zero-order valence-electron chi connectivity index (χ0n) is 10.0. The summed E-state index contributed by atoms with van der Waals surface area (Å²) in [7, 11) is 0. The summed E-state index contributed by atoms with van der Waals surface area (Å²) < 4.78 is 0. The van der Waals surface area contributed by atoms with Crippen LogP contribution in [-0.4, -0.2) is 15.7 Å². The molecule has 0 aliphatic carbocycles. The van der Waals surface area contributed by atoms with Gasteiger partial charge in [0.25, 0.3) is 0 Å². The number of hydrazone groups is 1. The zero-order valence-corrected chi connectivity index (χ0v) is 10.0. The molecule has 2 aromatic heterocycles. The van der Waals surface area contributed by atoms with Crippen molar-refractivity contribution in [1.82, 2.24) is 9.97 Å². The highest BCUT2D eigenvalue weighted by Crippen LogP contribution is 2.46. The van der Waals surface area contributed by atoms with Crippen molar-refractivity contribution in [3.63, 3.8) is 0 Å². The second-order valence-electron chi connectivity index (χ2n) is 4.71. The SMILES string of the molecule is CC1=NN2c3cccnc3-c3cccnc3C2C1. The first-order valence-corrected chi connectivity index (χ1v) is 6.08. The van der Waals surface area contributed by atoms with Crippen LogP contribution in [-0.2, 0) is 0 Å². The van der Waals surface area contributed by atoms with E-state index in [9.17, 15) is 0 Å². The van der Waals surface area contributed by atoms with Crippen LogP contribution in [0.3, 0.4) is 0 Å². The Balaban J connectivity index is 2.04. The van der Waals surface area contributed by atoms with E-state index < -0.39 is 0 Å². The van der Waals surface area contributed by atoms with Gasteiger partial charge in [-0.25, -0.2) is 0 Å². The van der Waals surface area contributed by atoms with E-state index in [0.717, 1.165) is 34.8 Å². The van der Waals surface area contributed by atoms with Crippen molar-refractivity contribution in [3.8, 4) is 11.3 Å². The molecule has 4 heterocycles. The molecule has 0 amide bonds. The summed E-state index contributed by atoms with van der Waals surface area (Å²) in [4.78, 5) is 9.04. The van der Waals surface area contributed by atoms with Gasteiger partial charge in [-0.2, -0.15) is 5.10 Å². The van der Waals surface area contributed by atoms with Crippen molar-refractivity contribution >= 4 is 11.4 Å². The number of rotatable bonds is 0. The van der Waals surface area contributed by atoms with Crippen molar-refractivity contribution in [2.24, 2.45) is 5.10 Å². The van der Waals surface area contributed by atoms with Crippen LogP contribution in [0.25, 0.3) is 11.3 Å². The van der Waals surface area contributed by atoms with E-state index in [1.54, 1.807) is 0 Å². The van der Waals surface area contributed by atoms with Gasteiger partial charge in [0.1, 0.15) is 6.04 Å². The van der Waals surface area contributed by atoms with Crippen molar-refractivity contribution in [1.29, 1.82) is 0 Å². The van der Waals surface area contributed by atoms with Crippen LogP contribution in [0.5, 0.6) is 0 Å². The normalized spacial score (nSPS) is 19.9. The van der Waals surface area contributed by atoms with Crippen molar-refractivity contribution < 1.29 is 0 Å². The van der Waals surface area contributed by atoms with E-state index in [0.29, 0.717) is 0 Å². The maximum absolute atomic E-state index is 4.62. The Morgan fingerprint density at radius 3 is 2.94 bits per heavy atom. The first-order valence-electron chi connectivity index (χ1n) is 6.08. The fraction of sp³-hybridized carbons (Fsp3) is 0.214. The van der Waals surface area contributed by atoms with Gasteiger partial charge in [-0.15, -0.1) is 0 Å². The lowest BCUT2D eigenvalue weighted by Gasteiger charge is -2.30. The molecule has 0 fully saturated rings. The second kappa shape index (κ2) is 3.38. The van der Waals surface area contributed by atoms with Crippen LogP contribution < -0.4 is 5.01 Å². The van der Waals surface area contributed by atoms with Gasteiger partial charge >= 0.3 is 0 Å². The topological polar surface area (TPSA) is 41.4 Å². The van der Waals surface area contributed by atoms with Gasteiger partial charge < -0.3 is 0 Å². The molecule has 1 atom stereocenters. The molecule has 4 nitrogen and oxygen atoms in total. The molecule has 0 saturated heterocycles. The molecule has 4 rings (SSSR count). The van der Waals surface area contributed by atoms with Crippen molar-refractivity contribution in [3.05, 3.63) is 42.4 Å². The van der Waals surface area contributed by atoms with Gasteiger partial charge in [0.05, 0.1) is 17.1 Å². The molecular formula is C14H12N4. The molecule has 0 spiro atoms. The molecule has 2 aliphatic rings. The lowest BCUT2D eigenvalue weighted by Crippen LogP contribution is -2.25. The lowest BCUT2D eigenvalue weighted by molar-refractivity contribution is 0.676. The minimum atomic E-state index is 0.234. The first kappa shape index (κ1) is 9.76. The highest BCUT2D eigenvalue weighted by molar-refractivity contribution is 5.91. The van der Waals surface area contributed by atoms with E-state index in [1.165, 1.54) is 0 Å². The summed E-state index contributed by atoms with van der Waals surface area (Å²) in [5, 5.41) is 6.68. The summed E-state index contributed by atoms with van der Waals surface area (Å²) in [6.07, 6.45) is 4.61. The van der Waals surface area contributed by atoms with Crippen LogP contribution in [0.15, 0.2) is 41.8 Å². The third-order valence-corrected chi connectivity index (χ3v) is 3.50. The number of fused-ring (bicyclic) bond motifs is 6. The number of hydrogen-bond acceptors (Lipinski definition) is 4. The van der Waals surface area contributed by atoms with Gasteiger partial charge in [0.2, 0.25) is 0 Å². The molecule has 0 N–H and O–H groups in total. The van der Waals surface area contributed by atoms with E-state index in [4.69, 9.17) is 0 Å². The average molecular weight is 236 g/mol. The predicted octanol–water partition coefficient (Wildman–Crippen LogP) is 2.78. The van der Waals surface area contributed by atoms with Crippen LogP contribution >= 0.6 is 0 Å². The Hall–Kier alpha value is -2.23. The van der Waals surface area contributed by atoms with E-state index in [1.807, 2.05) is 24.5 Å². The molecule has 2 aromatic rings. The summed E-state index contributed by atoms with van der Waals surface area (Å²) in [5.41, 5.74) is 5.44. The highest BCUT2D eigenvalue weighted by atomic mass is 15.5. The van der Waals surface area contributed by atoms with Crippen molar-refractivity contribution in [2.45, 2.75) is 19.4 Å². The lowest BCUT2D eigenvalue weighted by atomic mass is 9.95. The summed E-state index contributed by atoms with van der Waals surface area (Å²) >= 11 is 0. The molecule has 0 aromatic carbocycles. The largest absolute Gasteiger partial charge is 0.258 e. The maximum atomic E-state index is 4.62. The fourth-order valence-electron chi connectivity index (χ4n) is 2.77. The van der Waals surface area contributed by atoms with Gasteiger partial charge in [-0.05, 0) is 31.2 Å². The second-order valence-corrected chi connectivity index (χ2v) is 4.71. The van der Waals surface area contributed by atoms with Gasteiger partial charge in [-0.3, -0.25) is 15.0 Å². The van der Waals surface area contributed by atoms with Gasteiger partial charge in [0, 0.05) is 30.1 Å². The quantitative estimate of drug-likeness (QED) is 0.706. The molecule has 2 aliphatic heterocycles. The van der Waals surface area contributed by atoms with Gasteiger partial charge in [-0.1, -0.05) is 0 Å². The fourth-order valence-corrected chi connectivity index (χ4v) is 2.77. The smallest absolute Gasteiger partial charge is 0.101 e. The molecule has 0 bridgehead atoms. The van der Waals surface area contributed by atoms with Crippen LogP contribution in [0.4, 0.5) is 5.69 Å². The number of aromatic nitrogens is 2. The third-order valence-electron chi connectivity index (χ3n) is 3.50. The Morgan fingerprint density at radius 2 is 2.00 bits per heavy atom. The third kappa shape index (κ3) is 1.17. The number of hydrogen-bond donors (Lipinski definition) is 0. The molecule has 0 radical (unpaired) electrons. The van der Waals surface area contributed by atoms with Crippen LogP contribution in [0, 0.1) is 0 Å². The average Bonchev–Trinajstić information content (AvgIpc) is 2.81. The minimum absolute atomic E-state index is 0.234. The molecule has 0 saturated carbocycles. The Labute approximate surface area is 105 Å². The van der Waals surface area contributed by atoms with Gasteiger partial charge in [0.15, 0.2) is 0 Å². The highest BCUT2D eigenvalue weighted by Gasteiger charge is 2.36. The van der Waals surface area contributed by atoms with Crippen molar-refractivity contribution in [2.75, 3.05) is 5.01 Å². The summed E-state index contributed by atoms with van der Waals surface area (Å²) in [5.74, 6) is 0. The zero-order chi connectivity index (χ0) is 12.1. The Kier molecular flexibility index (Phi) is 1.84. The minimum Gasteiger partial charge on any atom is -0.258 e. The van der Waals surface area contributed by atoms with E-state index >= 15 is 0 Å². The first-order chi connectivity index (χ1) is 8.84. The van der Waals surface area contributed by atoms with Crippen LogP contribution in [0.1, 0.15) is 25.1 Å².